The van der Waals surface area contributed by atoms with Gasteiger partial charge in [-0.2, -0.15) is 0 Å². The van der Waals surface area contributed by atoms with E-state index in [2.05, 4.69) is 67.8 Å². The molecule has 0 bridgehead atoms. The second kappa shape index (κ2) is 17.1. The Morgan fingerprint density at radius 1 is 0.717 bits per heavy atom. The molecule has 2 aliphatic rings. The molecule has 0 radical (unpaired) electrons. The third kappa shape index (κ3) is 7.85. The van der Waals surface area contributed by atoms with E-state index < -0.39 is 24.3 Å². The van der Waals surface area contributed by atoms with E-state index in [1.807, 2.05) is 49.8 Å². The molecule has 0 aliphatic carbocycles. The SMILES string of the molecule is COC(=O)N[C@H](C(=O)N1CCC[C@H]1c1nc(-c2ccc(-c3csc4c(-c5ccc6nc([C@@H]7CCCN7C(=O)[C@@H](NC(=O)OC)C(C)C)[nH]c6c5)csc34)cc2)c[nH]1)C(C)C. The van der Waals surface area contributed by atoms with Crippen LogP contribution in [-0.2, 0) is 19.1 Å². The fourth-order valence-electron chi connectivity index (χ4n) is 8.44. The number of fused-ring (bicyclic) bond motifs is 2. The lowest BCUT2D eigenvalue weighted by molar-refractivity contribution is -0.136. The van der Waals surface area contributed by atoms with Gasteiger partial charge in [-0.3, -0.25) is 9.59 Å². The molecule has 2 aromatic carbocycles. The van der Waals surface area contributed by atoms with Gasteiger partial charge in [0.05, 0.1) is 52.4 Å². The zero-order valence-electron chi connectivity index (χ0n) is 34.5. The van der Waals surface area contributed by atoms with Crippen LogP contribution in [0.15, 0.2) is 59.4 Å². The van der Waals surface area contributed by atoms with Gasteiger partial charge in [0.1, 0.15) is 23.7 Å². The fraction of sp³-hybridized carbons (Fsp3) is 0.409. The van der Waals surface area contributed by atoms with Gasteiger partial charge in [-0.15, -0.1) is 22.7 Å². The first-order valence-corrected chi connectivity index (χ1v) is 22.2. The summed E-state index contributed by atoms with van der Waals surface area (Å²) in [6.07, 6.45) is 3.92. The van der Waals surface area contributed by atoms with Crippen molar-refractivity contribution in [3.63, 3.8) is 0 Å². The lowest BCUT2D eigenvalue weighted by atomic mass is 10.0. The number of aromatic nitrogens is 4. The van der Waals surface area contributed by atoms with Gasteiger partial charge in [-0.1, -0.05) is 58.0 Å². The van der Waals surface area contributed by atoms with Gasteiger partial charge in [0.15, 0.2) is 0 Å². The van der Waals surface area contributed by atoms with Crippen molar-refractivity contribution in [2.45, 2.75) is 77.5 Å². The number of carbonyl (C=O) groups excluding carboxylic acids is 4. The van der Waals surface area contributed by atoms with Crippen molar-refractivity contribution in [2.75, 3.05) is 27.3 Å². The summed E-state index contributed by atoms with van der Waals surface area (Å²) in [7, 11) is 2.59. The Morgan fingerprint density at radius 3 is 1.78 bits per heavy atom. The normalized spacial score (nSPS) is 17.8. The summed E-state index contributed by atoms with van der Waals surface area (Å²) in [6, 6.07) is 12.9. The quantitative estimate of drug-likeness (QED) is 0.100. The Hall–Kier alpha value is -5.74. The molecule has 2 aliphatic heterocycles. The molecule has 4 N–H and O–H groups in total. The van der Waals surface area contributed by atoms with Gasteiger partial charge in [0, 0.05) is 46.7 Å². The number of aromatic amines is 2. The highest BCUT2D eigenvalue weighted by atomic mass is 32.1. The first-order chi connectivity index (χ1) is 28.9. The van der Waals surface area contributed by atoms with Crippen LogP contribution in [0.4, 0.5) is 9.59 Å². The molecule has 16 heteroatoms. The fourth-order valence-corrected chi connectivity index (χ4v) is 10.9. The molecule has 4 atom stereocenters. The van der Waals surface area contributed by atoms with E-state index in [1.165, 1.54) is 29.2 Å². The van der Waals surface area contributed by atoms with Gasteiger partial charge in [-0.25, -0.2) is 19.6 Å². The molecule has 314 valence electrons. The molecular formula is C44H50N8O6S2. The number of amides is 4. The lowest BCUT2D eigenvalue weighted by Crippen LogP contribution is -2.51. The van der Waals surface area contributed by atoms with Gasteiger partial charge < -0.3 is 39.9 Å². The minimum absolute atomic E-state index is 0.104. The number of rotatable bonds is 11. The van der Waals surface area contributed by atoms with E-state index in [0.717, 1.165) is 76.3 Å². The first-order valence-electron chi connectivity index (χ1n) is 20.4. The monoisotopic (exact) mass is 850 g/mol. The summed E-state index contributed by atoms with van der Waals surface area (Å²) in [4.78, 5) is 71.7. The summed E-state index contributed by atoms with van der Waals surface area (Å²) in [5.74, 6) is 1.00. The zero-order valence-corrected chi connectivity index (χ0v) is 36.2. The van der Waals surface area contributed by atoms with Crippen molar-refractivity contribution < 1.29 is 28.7 Å². The topological polar surface area (TPSA) is 175 Å². The van der Waals surface area contributed by atoms with Crippen LogP contribution < -0.4 is 10.6 Å². The van der Waals surface area contributed by atoms with Crippen LogP contribution in [0.3, 0.4) is 0 Å². The van der Waals surface area contributed by atoms with Crippen molar-refractivity contribution in [1.82, 2.24) is 40.4 Å². The van der Waals surface area contributed by atoms with Crippen LogP contribution in [0.5, 0.6) is 0 Å². The summed E-state index contributed by atoms with van der Waals surface area (Å²) in [6.45, 7) is 8.83. The third-order valence-corrected chi connectivity index (χ3v) is 13.8. The molecule has 6 heterocycles. The number of nitrogens with one attached hydrogen (secondary N) is 4. The predicted molar refractivity (Wildman–Crippen MR) is 234 cm³/mol. The minimum atomic E-state index is -0.690. The van der Waals surface area contributed by atoms with Crippen LogP contribution in [0.1, 0.15) is 77.1 Å². The number of carbonyl (C=O) groups is 4. The number of H-pyrrole nitrogens is 2. The molecular weight excluding hydrogens is 801 g/mol. The highest BCUT2D eigenvalue weighted by Crippen LogP contribution is 2.45. The van der Waals surface area contributed by atoms with Gasteiger partial charge >= 0.3 is 12.2 Å². The first kappa shape index (κ1) is 41.0. The predicted octanol–water partition coefficient (Wildman–Crippen LogP) is 8.65. The summed E-state index contributed by atoms with van der Waals surface area (Å²) in [5.41, 5.74) is 8.07. The molecule has 6 aromatic rings. The standard InChI is InChI=1S/C44H50N8O6S2/c1-23(2)35(49-43(55)57-5)41(53)51-17-7-9-33(51)39-45-20-32(48-39)26-13-11-25(12-14-26)28-21-59-38-29(22-60-37(28)38)27-15-16-30-31(19-27)47-40(46-30)34-10-8-18-52(34)42(54)36(24(3)4)50-44(56)58-6/h11-16,19-24,33-36H,7-10,17-18H2,1-6H3,(H,45,48)(H,46,47)(H,49,55)(H,50,56)/t33-,34-,35-,36-/m0/s1. The van der Waals surface area contributed by atoms with E-state index in [-0.39, 0.29) is 35.7 Å². The largest absolute Gasteiger partial charge is 0.453 e. The Morgan fingerprint density at radius 2 is 1.23 bits per heavy atom. The number of nitrogens with zero attached hydrogens (tertiary/aromatic N) is 4. The van der Waals surface area contributed by atoms with Crippen LogP contribution >= 0.6 is 22.7 Å². The summed E-state index contributed by atoms with van der Waals surface area (Å²) >= 11 is 3.46. The third-order valence-electron chi connectivity index (χ3n) is 11.7. The molecule has 0 spiro atoms. The van der Waals surface area contributed by atoms with Crippen molar-refractivity contribution in [3.8, 4) is 33.5 Å². The lowest BCUT2D eigenvalue weighted by Gasteiger charge is -2.29. The number of methoxy groups -OCH3 is 2. The number of ether oxygens (including phenoxy) is 2. The van der Waals surface area contributed by atoms with Crippen LogP contribution in [-0.4, -0.2) is 93.1 Å². The molecule has 2 fully saturated rings. The molecule has 0 saturated carbocycles. The Bertz CT molecular complexity index is 2540. The second-order valence-corrected chi connectivity index (χ2v) is 17.9. The van der Waals surface area contributed by atoms with E-state index in [9.17, 15) is 19.2 Å². The summed E-state index contributed by atoms with van der Waals surface area (Å²) in [5, 5.41) is 9.86. The average molecular weight is 851 g/mol. The number of likely N-dealkylation sites (tertiary alicyclic amines) is 2. The molecule has 0 unspecified atom stereocenters. The zero-order chi connectivity index (χ0) is 42.2. The molecule has 2 saturated heterocycles. The molecule has 4 aromatic heterocycles. The average Bonchev–Trinajstić information content (AvgIpc) is 4.10. The van der Waals surface area contributed by atoms with E-state index in [4.69, 9.17) is 19.4 Å². The van der Waals surface area contributed by atoms with Gasteiger partial charge in [0.25, 0.3) is 0 Å². The second-order valence-electron chi connectivity index (χ2n) is 16.2. The molecule has 8 rings (SSSR count). The van der Waals surface area contributed by atoms with Crippen LogP contribution in [0.2, 0.25) is 0 Å². The molecule has 14 nitrogen and oxygen atoms in total. The van der Waals surface area contributed by atoms with Crippen molar-refractivity contribution >= 4 is 67.1 Å². The van der Waals surface area contributed by atoms with Crippen molar-refractivity contribution in [2.24, 2.45) is 11.8 Å². The highest BCUT2D eigenvalue weighted by molar-refractivity contribution is 7.27. The maximum Gasteiger partial charge on any atom is 0.407 e. The Kier molecular flexibility index (Phi) is 11.7. The van der Waals surface area contributed by atoms with E-state index >= 15 is 0 Å². The van der Waals surface area contributed by atoms with Gasteiger partial charge in [-0.05, 0) is 60.8 Å². The maximum absolute atomic E-state index is 13.7. The van der Waals surface area contributed by atoms with E-state index in [1.54, 1.807) is 22.7 Å². The minimum Gasteiger partial charge on any atom is -0.453 e. The number of alkyl carbamates (subject to hydrolysis) is 2. The molecule has 4 amide bonds. The Labute approximate surface area is 356 Å². The highest BCUT2D eigenvalue weighted by Gasteiger charge is 2.39. The van der Waals surface area contributed by atoms with E-state index in [0.29, 0.717) is 13.1 Å². The number of hydrogen-bond donors (Lipinski definition) is 4. The number of hydrogen-bond acceptors (Lipinski definition) is 10. The molecule has 60 heavy (non-hydrogen) atoms. The van der Waals surface area contributed by atoms with Crippen LogP contribution in [0.25, 0.3) is 53.9 Å². The smallest absolute Gasteiger partial charge is 0.407 e. The van der Waals surface area contributed by atoms with Crippen molar-refractivity contribution in [3.05, 3.63) is 71.1 Å². The van der Waals surface area contributed by atoms with Crippen LogP contribution in [0, 0.1) is 11.8 Å². The number of benzene rings is 2. The summed E-state index contributed by atoms with van der Waals surface area (Å²) < 4.78 is 12.0. The number of thiophene rings is 2. The number of imidazole rings is 2. The maximum atomic E-state index is 13.7. The van der Waals surface area contributed by atoms with Gasteiger partial charge in [0.2, 0.25) is 11.8 Å². The Balaban J connectivity index is 0.977. The van der Waals surface area contributed by atoms with Crippen molar-refractivity contribution in [1.29, 1.82) is 0 Å².